The highest BCUT2D eigenvalue weighted by Crippen LogP contribution is 2.16. The lowest BCUT2D eigenvalue weighted by Gasteiger charge is -2.04. The first-order valence-corrected chi connectivity index (χ1v) is 5.64. The van der Waals surface area contributed by atoms with E-state index < -0.39 is 0 Å². The van der Waals surface area contributed by atoms with Crippen molar-refractivity contribution in [1.29, 1.82) is 0 Å². The first kappa shape index (κ1) is 12.2. The molecule has 4 nitrogen and oxygen atoms in total. The molecule has 0 bridgehead atoms. The number of aryl methyl sites for hydroxylation is 1. The van der Waals surface area contributed by atoms with Gasteiger partial charge in [-0.1, -0.05) is 0 Å². The van der Waals surface area contributed by atoms with Crippen LogP contribution in [0.25, 0.3) is 11.4 Å². The van der Waals surface area contributed by atoms with E-state index in [1.54, 1.807) is 18.5 Å². The van der Waals surface area contributed by atoms with Gasteiger partial charge in [0, 0.05) is 12.4 Å². The smallest absolute Gasteiger partial charge is 0.309 e. The van der Waals surface area contributed by atoms with E-state index >= 15 is 0 Å². The van der Waals surface area contributed by atoms with E-state index in [0.29, 0.717) is 0 Å². The average molecular weight is 242 g/mol. The third kappa shape index (κ3) is 2.91. The van der Waals surface area contributed by atoms with Gasteiger partial charge in [-0.25, -0.2) is 0 Å². The summed E-state index contributed by atoms with van der Waals surface area (Å²) in [6.07, 6.45) is 3.68. The zero-order valence-corrected chi connectivity index (χ0v) is 10.4. The zero-order chi connectivity index (χ0) is 13.0. The van der Waals surface area contributed by atoms with Crippen molar-refractivity contribution in [3.63, 3.8) is 0 Å². The molecule has 4 heteroatoms. The van der Waals surface area contributed by atoms with Crippen LogP contribution in [0, 0.1) is 6.92 Å². The summed E-state index contributed by atoms with van der Waals surface area (Å²) in [5.74, 6) is -0.260. The lowest BCUT2D eigenvalue weighted by Crippen LogP contribution is -2.04. The Hall–Kier alpha value is -2.23. The number of hydrogen-bond donors (Lipinski definition) is 0. The molecule has 2 heterocycles. The van der Waals surface area contributed by atoms with Crippen LogP contribution < -0.4 is 0 Å². The van der Waals surface area contributed by atoms with E-state index in [4.69, 9.17) is 0 Å². The zero-order valence-electron chi connectivity index (χ0n) is 10.4. The van der Waals surface area contributed by atoms with Crippen molar-refractivity contribution < 1.29 is 9.53 Å². The SMILES string of the molecule is COC(=O)Cc1ccnc(-c2cc(C)ccn2)c1. The van der Waals surface area contributed by atoms with Crippen LogP contribution in [0.5, 0.6) is 0 Å². The number of ether oxygens (including phenoxy) is 1. The second-order valence-electron chi connectivity index (χ2n) is 4.02. The minimum absolute atomic E-state index is 0.248. The number of pyridine rings is 2. The summed E-state index contributed by atoms with van der Waals surface area (Å²) >= 11 is 0. The van der Waals surface area contributed by atoms with Gasteiger partial charge in [-0.15, -0.1) is 0 Å². The van der Waals surface area contributed by atoms with Crippen LogP contribution in [-0.4, -0.2) is 23.0 Å². The van der Waals surface area contributed by atoms with Crippen LogP contribution in [0.4, 0.5) is 0 Å². The monoisotopic (exact) mass is 242 g/mol. The van der Waals surface area contributed by atoms with E-state index in [0.717, 1.165) is 22.5 Å². The Morgan fingerprint density at radius 2 is 1.83 bits per heavy atom. The molecular formula is C14H14N2O2. The van der Waals surface area contributed by atoms with Gasteiger partial charge < -0.3 is 4.74 Å². The van der Waals surface area contributed by atoms with Crippen LogP contribution >= 0.6 is 0 Å². The average Bonchev–Trinajstić information content (AvgIpc) is 2.39. The number of rotatable bonds is 3. The highest BCUT2D eigenvalue weighted by Gasteiger charge is 2.06. The van der Waals surface area contributed by atoms with Gasteiger partial charge >= 0.3 is 5.97 Å². The van der Waals surface area contributed by atoms with E-state index in [-0.39, 0.29) is 12.4 Å². The van der Waals surface area contributed by atoms with E-state index in [1.165, 1.54) is 7.11 Å². The van der Waals surface area contributed by atoms with Crippen molar-refractivity contribution >= 4 is 5.97 Å². The molecule has 0 aliphatic heterocycles. The second kappa shape index (κ2) is 5.40. The maximum atomic E-state index is 11.2. The molecule has 0 saturated heterocycles. The Morgan fingerprint density at radius 3 is 2.50 bits per heavy atom. The van der Waals surface area contributed by atoms with Crippen LogP contribution in [0.1, 0.15) is 11.1 Å². The van der Waals surface area contributed by atoms with Gasteiger partial charge in [0.2, 0.25) is 0 Å². The van der Waals surface area contributed by atoms with E-state index in [2.05, 4.69) is 14.7 Å². The Labute approximate surface area is 106 Å². The molecule has 0 amide bonds. The third-order valence-electron chi connectivity index (χ3n) is 2.58. The number of nitrogens with zero attached hydrogens (tertiary/aromatic N) is 2. The van der Waals surface area contributed by atoms with Gasteiger partial charge in [-0.3, -0.25) is 14.8 Å². The highest BCUT2D eigenvalue weighted by atomic mass is 16.5. The molecule has 0 aliphatic carbocycles. The quantitative estimate of drug-likeness (QED) is 0.774. The molecule has 0 radical (unpaired) electrons. The number of methoxy groups -OCH3 is 1. The molecule has 0 fully saturated rings. The Morgan fingerprint density at radius 1 is 1.17 bits per heavy atom. The molecule has 0 N–H and O–H groups in total. The van der Waals surface area contributed by atoms with Gasteiger partial charge in [-0.05, 0) is 42.3 Å². The topological polar surface area (TPSA) is 52.1 Å². The number of carbonyl (C=O) groups excluding carboxylic acids is 1. The van der Waals surface area contributed by atoms with Gasteiger partial charge in [0.05, 0.1) is 24.9 Å². The van der Waals surface area contributed by atoms with E-state index in [1.807, 2.05) is 25.1 Å². The molecule has 92 valence electrons. The molecule has 0 unspecified atom stereocenters. The molecule has 0 aliphatic rings. The lowest BCUT2D eigenvalue weighted by molar-refractivity contribution is -0.139. The van der Waals surface area contributed by atoms with Crippen molar-refractivity contribution in [2.75, 3.05) is 7.11 Å². The number of aromatic nitrogens is 2. The molecule has 2 aromatic rings. The Balaban J connectivity index is 2.29. The summed E-state index contributed by atoms with van der Waals surface area (Å²) in [6.45, 7) is 2.00. The fraction of sp³-hybridized carbons (Fsp3) is 0.214. The second-order valence-corrected chi connectivity index (χ2v) is 4.02. The van der Waals surface area contributed by atoms with Crippen LogP contribution in [0.2, 0.25) is 0 Å². The van der Waals surface area contributed by atoms with Crippen molar-refractivity contribution in [1.82, 2.24) is 9.97 Å². The molecule has 18 heavy (non-hydrogen) atoms. The lowest BCUT2D eigenvalue weighted by atomic mass is 10.1. The molecule has 2 aromatic heterocycles. The van der Waals surface area contributed by atoms with Gasteiger partial charge in [0.15, 0.2) is 0 Å². The summed E-state index contributed by atoms with van der Waals surface area (Å²) in [5, 5.41) is 0. The first-order chi connectivity index (χ1) is 8.69. The first-order valence-electron chi connectivity index (χ1n) is 5.64. The molecule has 0 atom stereocenters. The minimum Gasteiger partial charge on any atom is -0.469 e. The normalized spacial score (nSPS) is 10.1. The summed E-state index contributed by atoms with van der Waals surface area (Å²) < 4.78 is 4.64. The van der Waals surface area contributed by atoms with Crippen molar-refractivity contribution in [3.8, 4) is 11.4 Å². The number of carbonyl (C=O) groups is 1. The summed E-state index contributed by atoms with van der Waals surface area (Å²) in [4.78, 5) is 19.8. The van der Waals surface area contributed by atoms with Crippen molar-refractivity contribution in [3.05, 3.63) is 47.8 Å². The predicted octanol–water partition coefficient (Wildman–Crippen LogP) is 2.17. The molecule has 0 spiro atoms. The summed E-state index contributed by atoms with van der Waals surface area (Å²) in [6, 6.07) is 7.56. The fourth-order valence-corrected chi connectivity index (χ4v) is 1.64. The van der Waals surface area contributed by atoms with E-state index in [9.17, 15) is 4.79 Å². The number of hydrogen-bond acceptors (Lipinski definition) is 4. The predicted molar refractivity (Wildman–Crippen MR) is 67.9 cm³/mol. The maximum absolute atomic E-state index is 11.2. The molecule has 2 rings (SSSR count). The van der Waals surface area contributed by atoms with Gasteiger partial charge in [-0.2, -0.15) is 0 Å². The molecule has 0 aromatic carbocycles. The third-order valence-corrected chi connectivity index (χ3v) is 2.58. The van der Waals surface area contributed by atoms with Gasteiger partial charge in [0.1, 0.15) is 0 Å². The Kier molecular flexibility index (Phi) is 3.67. The summed E-state index contributed by atoms with van der Waals surface area (Å²) in [5.41, 5.74) is 3.57. The van der Waals surface area contributed by atoms with Crippen molar-refractivity contribution in [2.45, 2.75) is 13.3 Å². The molecule has 0 saturated carbocycles. The van der Waals surface area contributed by atoms with Crippen molar-refractivity contribution in [2.24, 2.45) is 0 Å². The van der Waals surface area contributed by atoms with Gasteiger partial charge in [0.25, 0.3) is 0 Å². The Bertz CT molecular complexity index is 567. The minimum atomic E-state index is -0.260. The fourth-order valence-electron chi connectivity index (χ4n) is 1.64. The van der Waals surface area contributed by atoms with Crippen LogP contribution in [0.3, 0.4) is 0 Å². The maximum Gasteiger partial charge on any atom is 0.309 e. The summed E-state index contributed by atoms with van der Waals surface area (Å²) in [7, 11) is 1.38. The largest absolute Gasteiger partial charge is 0.469 e. The highest BCUT2D eigenvalue weighted by molar-refractivity contribution is 5.73. The standard InChI is InChI=1S/C14H14N2O2/c1-10-3-5-15-12(7-10)13-8-11(4-6-16-13)9-14(17)18-2/h3-8H,9H2,1-2H3. The van der Waals surface area contributed by atoms with Crippen LogP contribution in [-0.2, 0) is 16.0 Å². The van der Waals surface area contributed by atoms with Crippen LogP contribution in [0.15, 0.2) is 36.7 Å². The number of esters is 1. The molecular weight excluding hydrogens is 228 g/mol.